The number of benzene rings is 2. The fourth-order valence-corrected chi connectivity index (χ4v) is 3.61. The van der Waals surface area contributed by atoms with E-state index >= 15 is 0 Å². The van der Waals surface area contributed by atoms with Crippen molar-refractivity contribution in [3.8, 4) is 6.07 Å². The zero-order valence-corrected chi connectivity index (χ0v) is 16.0. The van der Waals surface area contributed by atoms with E-state index in [4.69, 9.17) is 0 Å². The number of rotatable bonds is 3. The van der Waals surface area contributed by atoms with Gasteiger partial charge in [0.15, 0.2) is 0 Å². The Kier molecular flexibility index (Phi) is 4.57. The van der Waals surface area contributed by atoms with Gasteiger partial charge in [0.1, 0.15) is 11.6 Å². The maximum Gasteiger partial charge on any atom is 0.267 e. The van der Waals surface area contributed by atoms with Crippen molar-refractivity contribution in [3.63, 3.8) is 0 Å². The average Bonchev–Trinajstić information content (AvgIpc) is 3.01. The first-order chi connectivity index (χ1) is 14.0. The first-order valence-corrected chi connectivity index (χ1v) is 9.25. The largest absolute Gasteiger partial charge is 0.321 e. The molecule has 3 aromatic rings. The van der Waals surface area contributed by atoms with E-state index in [2.05, 4.69) is 10.3 Å². The van der Waals surface area contributed by atoms with Crippen LogP contribution in [0.3, 0.4) is 0 Å². The summed E-state index contributed by atoms with van der Waals surface area (Å²) in [6, 6.07) is 18.0. The molecule has 6 heteroatoms. The molecule has 1 aromatic heterocycles. The van der Waals surface area contributed by atoms with Crippen LogP contribution in [0.2, 0.25) is 0 Å². The van der Waals surface area contributed by atoms with Crippen LogP contribution in [0.15, 0.2) is 66.4 Å². The van der Waals surface area contributed by atoms with Gasteiger partial charge >= 0.3 is 0 Å². The topological polar surface area (TPSA) is 86.1 Å². The van der Waals surface area contributed by atoms with Gasteiger partial charge in [0, 0.05) is 23.2 Å². The van der Waals surface area contributed by atoms with Crippen molar-refractivity contribution in [1.29, 1.82) is 5.26 Å². The van der Waals surface area contributed by atoms with E-state index in [9.17, 15) is 14.9 Å². The number of hydrogen-bond donors (Lipinski definition) is 1. The number of para-hydroxylation sites is 1. The van der Waals surface area contributed by atoms with E-state index in [1.54, 1.807) is 41.4 Å². The van der Waals surface area contributed by atoms with E-state index in [1.807, 2.05) is 44.2 Å². The smallest absolute Gasteiger partial charge is 0.267 e. The van der Waals surface area contributed by atoms with E-state index in [-0.39, 0.29) is 23.1 Å². The Bertz CT molecular complexity index is 1220. The van der Waals surface area contributed by atoms with Gasteiger partial charge in [0.05, 0.1) is 22.5 Å². The molecule has 0 saturated carbocycles. The van der Waals surface area contributed by atoms with Crippen LogP contribution in [-0.4, -0.2) is 22.8 Å². The third-order valence-electron chi connectivity index (χ3n) is 4.86. The molecule has 0 radical (unpaired) electrons. The van der Waals surface area contributed by atoms with Gasteiger partial charge in [0.2, 0.25) is 0 Å². The third kappa shape index (κ3) is 3.03. The first-order valence-electron chi connectivity index (χ1n) is 9.25. The second kappa shape index (κ2) is 7.21. The Labute approximate surface area is 168 Å². The van der Waals surface area contributed by atoms with Gasteiger partial charge in [-0.3, -0.25) is 14.6 Å². The molecule has 29 heavy (non-hydrogen) atoms. The van der Waals surface area contributed by atoms with Crippen LogP contribution in [0.1, 0.15) is 19.4 Å². The fourth-order valence-electron chi connectivity index (χ4n) is 3.61. The SMILES string of the molecule is CC(C)N1C(=O)C(=C(C#N)C(=O)Nc2cccc3ncccc23)c2ccccc21. The van der Waals surface area contributed by atoms with E-state index in [0.717, 1.165) is 10.9 Å². The minimum atomic E-state index is -0.618. The summed E-state index contributed by atoms with van der Waals surface area (Å²) in [6.07, 6.45) is 1.67. The molecule has 6 nitrogen and oxygen atoms in total. The molecular formula is C23H18N4O2. The summed E-state index contributed by atoms with van der Waals surface area (Å²) in [6.45, 7) is 3.79. The maximum absolute atomic E-state index is 13.1. The van der Waals surface area contributed by atoms with Crippen LogP contribution < -0.4 is 10.2 Å². The van der Waals surface area contributed by atoms with Crippen molar-refractivity contribution >= 4 is 39.7 Å². The van der Waals surface area contributed by atoms with E-state index < -0.39 is 5.91 Å². The summed E-state index contributed by atoms with van der Waals surface area (Å²) in [4.78, 5) is 32.0. The molecule has 1 aliphatic rings. The molecule has 4 rings (SSSR count). The number of pyridine rings is 1. The normalized spacial score (nSPS) is 14.7. The van der Waals surface area contributed by atoms with Gasteiger partial charge in [-0.05, 0) is 44.2 Å². The summed E-state index contributed by atoms with van der Waals surface area (Å²) in [5.74, 6) is -0.958. The molecule has 0 aliphatic carbocycles. The van der Waals surface area contributed by atoms with E-state index in [1.165, 1.54) is 0 Å². The lowest BCUT2D eigenvalue weighted by atomic mass is 10.0. The molecule has 0 atom stereocenters. The number of aromatic nitrogens is 1. The van der Waals surface area contributed by atoms with Crippen LogP contribution in [-0.2, 0) is 9.59 Å². The third-order valence-corrected chi connectivity index (χ3v) is 4.86. The van der Waals surface area contributed by atoms with Crippen LogP contribution >= 0.6 is 0 Å². The highest BCUT2D eigenvalue weighted by molar-refractivity contribution is 6.38. The molecule has 0 fully saturated rings. The lowest BCUT2D eigenvalue weighted by molar-refractivity contribution is -0.115. The Hall–Kier alpha value is -3.98. The van der Waals surface area contributed by atoms with Gasteiger partial charge in [-0.25, -0.2) is 0 Å². The van der Waals surface area contributed by atoms with Crippen LogP contribution in [0.5, 0.6) is 0 Å². The molecular weight excluding hydrogens is 364 g/mol. The second-order valence-electron chi connectivity index (χ2n) is 6.98. The summed E-state index contributed by atoms with van der Waals surface area (Å²) >= 11 is 0. The summed E-state index contributed by atoms with van der Waals surface area (Å²) in [5.41, 5.74) is 2.49. The maximum atomic E-state index is 13.1. The van der Waals surface area contributed by atoms with Crippen molar-refractivity contribution in [2.24, 2.45) is 0 Å². The summed E-state index contributed by atoms with van der Waals surface area (Å²) in [7, 11) is 0. The van der Waals surface area contributed by atoms with Crippen molar-refractivity contribution in [3.05, 3.63) is 71.9 Å². The summed E-state index contributed by atoms with van der Waals surface area (Å²) in [5, 5.41) is 13.3. The zero-order chi connectivity index (χ0) is 20.5. The van der Waals surface area contributed by atoms with Crippen molar-refractivity contribution in [2.45, 2.75) is 19.9 Å². The minimum absolute atomic E-state index is 0.103. The van der Waals surface area contributed by atoms with Gasteiger partial charge in [-0.15, -0.1) is 0 Å². The molecule has 0 saturated heterocycles. The standard InChI is InChI=1S/C23H18N4O2/c1-14(2)27-20-11-4-3-7-16(20)21(23(27)29)17(13-24)22(28)26-19-10-5-9-18-15(19)8-6-12-25-18/h3-12,14H,1-2H3,(H,26,28). The van der Waals surface area contributed by atoms with Crippen molar-refractivity contribution in [2.75, 3.05) is 10.2 Å². The number of nitriles is 1. The molecule has 0 bridgehead atoms. The predicted octanol–water partition coefficient (Wildman–Crippen LogP) is 3.91. The number of fused-ring (bicyclic) bond motifs is 2. The molecule has 0 spiro atoms. The van der Waals surface area contributed by atoms with Gasteiger partial charge in [0.25, 0.3) is 11.8 Å². The number of nitrogens with zero attached hydrogens (tertiary/aromatic N) is 3. The fraction of sp³-hybridized carbons (Fsp3) is 0.130. The quantitative estimate of drug-likeness (QED) is 0.550. The van der Waals surface area contributed by atoms with Gasteiger partial charge in [-0.1, -0.05) is 24.3 Å². The summed E-state index contributed by atoms with van der Waals surface area (Å²) < 4.78 is 0. The Morgan fingerprint density at radius 1 is 1.10 bits per heavy atom. The van der Waals surface area contributed by atoms with Crippen LogP contribution in [0, 0.1) is 11.3 Å². The minimum Gasteiger partial charge on any atom is -0.321 e. The Balaban J connectivity index is 1.81. The molecule has 0 unspecified atom stereocenters. The monoisotopic (exact) mass is 382 g/mol. The van der Waals surface area contributed by atoms with Crippen LogP contribution in [0.25, 0.3) is 16.5 Å². The molecule has 142 valence electrons. The Morgan fingerprint density at radius 2 is 1.90 bits per heavy atom. The highest BCUT2D eigenvalue weighted by Gasteiger charge is 2.37. The van der Waals surface area contributed by atoms with Gasteiger partial charge in [-0.2, -0.15) is 5.26 Å². The van der Waals surface area contributed by atoms with Gasteiger partial charge < -0.3 is 10.2 Å². The van der Waals surface area contributed by atoms with Crippen LogP contribution in [0.4, 0.5) is 11.4 Å². The second-order valence-corrected chi connectivity index (χ2v) is 6.98. The first kappa shape index (κ1) is 18.4. The Morgan fingerprint density at radius 3 is 2.66 bits per heavy atom. The number of anilines is 2. The molecule has 2 heterocycles. The highest BCUT2D eigenvalue weighted by Crippen LogP contribution is 2.39. The molecule has 2 amide bonds. The lowest BCUT2D eigenvalue weighted by Crippen LogP contribution is -2.33. The van der Waals surface area contributed by atoms with E-state index in [0.29, 0.717) is 16.9 Å². The zero-order valence-electron chi connectivity index (χ0n) is 16.0. The highest BCUT2D eigenvalue weighted by atomic mass is 16.2. The number of carbonyl (C=O) groups is 2. The number of hydrogen-bond acceptors (Lipinski definition) is 4. The average molecular weight is 382 g/mol. The lowest BCUT2D eigenvalue weighted by Gasteiger charge is -2.21. The number of amides is 2. The van der Waals surface area contributed by atoms with Crippen molar-refractivity contribution in [1.82, 2.24) is 4.98 Å². The molecule has 1 N–H and O–H groups in total. The number of carbonyl (C=O) groups excluding carboxylic acids is 2. The molecule has 2 aromatic carbocycles. The van der Waals surface area contributed by atoms with Crippen molar-refractivity contribution < 1.29 is 9.59 Å². The molecule has 1 aliphatic heterocycles. The number of nitrogens with one attached hydrogen (secondary N) is 1. The predicted molar refractivity (Wildman–Crippen MR) is 112 cm³/mol.